The summed E-state index contributed by atoms with van der Waals surface area (Å²) < 4.78 is 247. The lowest BCUT2D eigenvalue weighted by molar-refractivity contribution is 0.662. The molecule has 0 bridgehead atoms. The van der Waals surface area contributed by atoms with Gasteiger partial charge in [0.1, 0.15) is 0 Å². The second-order valence-electron chi connectivity index (χ2n) is 12.0. The molecule has 0 atom stereocenters. The molecule has 1 aliphatic carbocycles. The van der Waals surface area contributed by atoms with Crippen molar-refractivity contribution in [1.29, 1.82) is 0 Å². The number of rotatable bonds is 3. The monoisotopic (exact) mass is 649 g/mol. The van der Waals surface area contributed by atoms with E-state index in [1.165, 1.54) is 13.8 Å². The Morgan fingerprint density at radius 1 is 0.367 bits per heavy atom. The lowest BCUT2D eigenvalue weighted by Gasteiger charge is -2.26. The van der Waals surface area contributed by atoms with E-state index in [4.69, 9.17) is 20.6 Å². The predicted molar refractivity (Wildman–Crippen MR) is 210 cm³/mol. The van der Waals surface area contributed by atoms with Crippen LogP contribution in [0.4, 0.5) is 0 Å². The molecule has 0 aromatic heterocycles. The molecule has 9 aromatic carbocycles. The molecule has 0 nitrogen and oxygen atoms in total. The average molecular weight is 650 g/mol. The average Bonchev–Trinajstić information content (AvgIpc) is 3.80. The molecule has 0 saturated carbocycles. The molecule has 0 N–H and O–H groups in total. The minimum Gasteiger partial charge on any atom is -0.0622 e. The molecule has 0 radical (unpaired) electrons. The topological polar surface area (TPSA) is 0 Å². The van der Waals surface area contributed by atoms with E-state index in [2.05, 4.69) is 0 Å². The first-order valence-corrected chi connectivity index (χ1v) is 15.1. The molecule has 0 heteroatoms. The van der Waals surface area contributed by atoms with Crippen molar-refractivity contribution in [3.05, 3.63) is 180 Å². The van der Waals surface area contributed by atoms with Gasteiger partial charge in [0, 0.05) is 5.41 Å². The summed E-state index contributed by atoms with van der Waals surface area (Å²) in [6, 6.07) is -21.9. The van der Waals surface area contributed by atoms with Crippen LogP contribution in [-0.2, 0) is 5.41 Å². The third kappa shape index (κ3) is 3.98. The Morgan fingerprint density at radius 2 is 0.939 bits per heavy atom. The number of fused-ring (bicyclic) bond motifs is 8. The molecule has 49 heavy (non-hydrogen) atoms. The number of benzene rings is 9. The quantitative estimate of drug-likeness (QED) is 0.132. The smallest absolute Gasteiger partial charge is 0.0622 e. The third-order valence-electron chi connectivity index (χ3n) is 9.08. The second-order valence-corrected chi connectivity index (χ2v) is 12.0. The Kier molecular flexibility index (Phi) is 2.61. The summed E-state index contributed by atoms with van der Waals surface area (Å²) in [5, 5.41) is -5.02. The maximum absolute atomic E-state index is 10.1. The van der Waals surface area contributed by atoms with Crippen LogP contribution in [0.1, 0.15) is 62.0 Å². The van der Waals surface area contributed by atoms with Gasteiger partial charge in [-0.25, -0.2) is 0 Å². The van der Waals surface area contributed by atoms with E-state index in [-0.39, 0.29) is 22.3 Å². The van der Waals surface area contributed by atoms with Gasteiger partial charge in [0.15, 0.2) is 0 Å². The van der Waals surface area contributed by atoms with Crippen LogP contribution in [0.15, 0.2) is 169 Å². The largest absolute Gasteiger partial charge is 0.0630 e. The lowest BCUT2D eigenvalue weighted by Crippen LogP contribution is -2.16. The molecule has 0 heterocycles. The predicted octanol–water partition coefficient (Wildman–Crippen LogP) is 13.6. The molecule has 1 aliphatic rings. The minimum atomic E-state index is -1.66. The van der Waals surface area contributed by atoms with Crippen molar-refractivity contribution in [3.8, 4) is 44.5 Å². The van der Waals surface area contributed by atoms with Crippen LogP contribution in [0.3, 0.4) is 0 Å². The van der Waals surface area contributed by atoms with Crippen LogP contribution in [0, 0.1) is 0 Å². The second kappa shape index (κ2) is 10.5. The zero-order valence-corrected chi connectivity index (χ0v) is 25.6. The van der Waals surface area contributed by atoms with Gasteiger partial charge in [0.25, 0.3) is 0 Å². The minimum absolute atomic E-state index is 0.0273. The van der Waals surface area contributed by atoms with E-state index in [9.17, 15) is 16.4 Å². The highest BCUT2D eigenvalue weighted by Gasteiger charge is 2.39. The summed E-state index contributed by atoms with van der Waals surface area (Å²) in [5.74, 6) is 0. The molecule has 0 fully saturated rings. The van der Waals surface area contributed by atoms with E-state index < -0.39 is 245 Å². The van der Waals surface area contributed by atoms with E-state index in [0.29, 0.717) is 0 Å². The molecular formula is C49H34. The van der Waals surface area contributed by atoms with Gasteiger partial charge < -0.3 is 0 Å². The molecule has 9 aromatic rings. The molecule has 0 saturated heterocycles. The maximum Gasteiger partial charge on any atom is 0.0630 e. The first-order valence-electron chi connectivity index (χ1n) is 28.6. The zero-order valence-electron chi connectivity index (χ0n) is 52.6. The maximum atomic E-state index is 10.1. The highest BCUT2D eigenvalue weighted by molar-refractivity contribution is 6.26. The highest BCUT2D eigenvalue weighted by Crippen LogP contribution is 2.57. The standard InChI is InChI=1S/C49H34/c1-49(2)44-26-13-12-23-42(44)47-43(30-29-34(48(47)49)31-15-4-3-5-16-31)46-40-21-10-8-19-38(40)45(39-20-9-11-22-41(39)46)37-25-14-24-35-33-18-7-6-17-32(33)27-28-36(35)37/h3-30H,1-2H3/i3D,4D,5D,6D,7D,8D,9D,10D,11D,12D,13D,14D,15D,16D,17D,18D,19D,20D,21D,22D,24D,25D,26D,27D,28D,29D,30D. The van der Waals surface area contributed by atoms with Gasteiger partial charge >= 0.3 is 0 Å². The highest BCUT2D eigenvalue weighted by atomic mass is 14.4. The van der Waals surface area contributed by atoms with E-state index in [1.54, 1.807) is 0 Å². The summed E-state index contributed by atoms with van der Waals surface area (Å²) >= 11 is 0. The summed E-state index contributed by atoms with van der Waals surface area (Å²) in [5.41, 5.74) is -5.71. The van der Waals surface area contributed by atoms with Gasteiger partial charge in [0.05, 0.1) is 37.0 Å². The molecule has 0 aliphatic heterocycles. The van der Waals surface area contributed by atoms with Gasteiger partial charge in [-0.15, -0.1) is 0 Å². The van der Waals surface area contributed by atoms with E-state index >= 15 is 0 Å². The van der Waals surface area contributed by atoms with Crippen molar-refractivity contribution in [1.82, 2.24) is 0 Å². The molecule has 230 valence electrons. The zero-order chi connectivity index (χ0) is 56.2. The van der Waals surface area contributed by atoms with Crippen molar-refractivity contribution >= 4 is 43.1 Å². The van der Waals surface area contributed by atoms with E-state index in [0.717, 1.165) is 6.07 Å². The summed E-state index contributed by atoms with van der Waals surface area (Å²) in [4.78, 5) is 0. The third-order valence-corrected chi connectivity index (χ3v) is 9.08. The molecule has 10 rings (SSSR count). The molecule has 0 unspecified atom stereocenters. The first kappa shape index (κ1) is 12.2. The van der Waals surface area contributed by atoms with Crippen molar-refractivity contribution in [2.45, 2.75) is 19.3 Å². The van der Waals surface area contributed by atoms with Gasteiger partial charge in [-0.3, -0.25) is 0 Å². The van der Waals surface area contributed by atoms with Crippen molar-refractivity contribution in [3.63, 3.8) is 0 Å². The normalized spacial score (nSPS) is 21.0. The van der Waals surface area contributed by atoms with Crippen LogP contribution in [0.2, 0.25) is 0 Å². The Balaban J connectivity index is 1.59. The fourth-order valence-electron chi connectivity index (χ4n) is 7.06. The number of hydrogen-bond donors (Lipinski definition) is 0. The Morgan fingerprint density at radius 3 is 1.65 bits per heavy atom. The van der Waals surface area contributed by atoms with Crippen LogP contribution in [-0.4, -0.2) is 0 Å². The van der Waals surface area contributed by atoms with Gasteiger partial charge in [-0.1, -0.05) is 183 Å². The Hall–Kier alpha value is -5.98. The Labute approximate surface area is 324 Å². The van der Waals surface area contributed by atoms with Gasteiger partial charge in [0.2, 0.25) is 0 Å². The van der Waals surface area contributed by atoms with Gasteiger partial charge in [-0.05, 0) is 98.7 Å². The van der Waals surface area contributed by atoms with E-state index in [1.807, 2.05) is 0 Å². The van der Waals surface area contributed by atoms with Crippen molar-refractivity contribution < 1.29 is 37.0 Å². The first-order chi connectivity index (χ1) is 35.3. The summed E-state index contributed by atoms with van der Waals surface area (Å²) in [7, 11) is 0. The number of hydrogen-bond acceptors (Lipinski definition) is 0. The summed E-state index contributed by atoms with van der Waals surface area (Å²) in [6.07, 6.45) is 0. The van der Waals surface area contributed by atoms with Gasteiger partial charge in [-0.2, -0.15) is 0 Å². The van der Waals surface area contributed by atoms with Crippen LogP contribution in [0.5, 0.6) is 0 Å². The SMILES string of the molecule is [2H]c1cc2c(c([2H])c1[2H])C(C)(C)c1c(-c3c([2H])c([2H])c([2H])c([2H])c3[2H])c([2H])c([2H])c(-c3c4c([2H])c([2H])c([2H])c([2H])c4c(-c4c([2H])c([2H])c([2H])c5c4c([2H])c([2H])c4c([2H])c([2H])c([2H])c([2H])c45)c4c([2H])c([2H])c([2H])c([2H])c34)c1-2. The Bertz CT molecular complexity index is 4220. The molecule has 0 spiro atoms. The fraction of sp³-hybridized carbons (Fsp3) is 0.0612. The van der Waals surface area contributed by atoms with Crippen LogP contribution < -0.4 is 0 Å². The molecule has 0 amide bonds. The van der Waals surface area contributed by atoms with Crippen LogP contribution in [0.25, 0.3) is 87.6 Å². The molecular weight excluding hydrogens is 589 g/mol. The lowest BCUT2D eigenvalue weighted by atomic mass is 9.77. The van der Waals surface area contributed by atoms with Crippen molar-refractivity contribution in [2.24, 2.45) is 0 Å². The van der Waals surface area contributed by atoms with Crippen LogP contribution >= 0.6 is 0 Å². The summed E-state index contributed by atoms with van der Waals surface area (Å²) in [6.45, 7) is 3.03. The fourth-order valence-corrected chi connectivity index (χ4v) is 7.06. The van der Waals surface area contributed by atoms with Crippen molar-refractivity contribution in [2.75, 3.05) is 0 Å².